The summed E-state index contributed by atoms with van der Waals surface area (Å²) in [6.45, 7) is 0.650. The molecular weight excluding hydrogens is 360 g/mol. The van der Waals surface area contributed by atoms with Crippen LogP contribution in [0.15, 0.2) is 42.5 Å². The predicted octanol–water partition coefficient (Wildman–Crippen LogP) is 3.93. The SMILES string of the molecule is COc1cc(OC)c(C(=O)[C@H]2O[C@@H]2c2ccccc2)c(OC2CCCCO2)c1. The number of benzene rings is 2. The van der Waals surface area contributed by atoms with Gasteiger partial charge in [-0.2, -0.15) is 0 Å². The largest absolute Gasteiger partial charge is 0.496 e. The standard InChI is InChI=1S/C22H24O6/c1-24-15-12-16(25-2)19(17(13-15)27-18-10-6-7-11-26-18)20(23)22-21(28-22)14-8-4-3-5-9-14/h3-5,8-9,12-13,18,21-22H,6-7,10-11H2,1-2H3/t18?,21-,22-/m1/s1. The average Bonchev–Trinajstić information content (AvgIpc) is 3.55. The maximum atomic E-state index is 13.3. The molecule has 2 saturated heterocycles. The van der Waals surface area contributed by atoms with Crippen molar-refractivity contribution in [1.82, 2.24) is 0 Å². The third kappa shape index (κ3) is 3.84. The minimum Gasteiger partial charge on any atom is -0.496 e. The van der Waals surface area contributed by atoms with Gasteiger partial charge in [0.05, 0.1) is 20.8 Å². The van der Waals surface area contributed by atoms with E-state index in [9.17, 15) is 4.79 Å². The van der Waals surface area contributed by atoms with Crippen molar-refractivity contribution in [3.63, 3.8) is 0 Å². The quantitative estimate of drug-likeness (QED) is 0.532. The van der Waals surface area contributed by atoms with E-state index in [-0.39, 0.29) is 18.2 Å². The van der Waals surface area contributed by atoms with Crippen molar-refractivity contribution < 1.29 is 28.5 Å². The number of hydrogen-bond acceptors (Lipinski definition) is 6. The Morgan fingerprint density at radius 2 is 1.82 bits per heavy atom. The maximum absolute atomic E-state index is 13.3. The van der Waals surface area contributed by atoms with Crippen molar-refractivity contribution in [3.05, 3.63) is 53.6 Å². The Balaban J connectivity index is 1.63. The van der Waals surface area contributed by atoms with Gasteiger partial charge in [0.1, 0.15) is 28.9 Å². The molecule has 2 fully saturated rings. The summed E-state index contributed by atoms with van der Waals surface area (Å²) in [4.78, 5) is 13.3. The molecule has 0 N–H and O–H groups in total. The van der Waals surface area contributed by atoms with Gasteiger partial charge in [0.25, 0.3) is 0 Å². The van der Waals surface area contributed by atoms with Gasteiger partial charge in [0.2, 0.25) is 5.78 Å². The van der Waals surface area contributed by atoms with Crippen molar-refractivity contribution in [1.29, 1.82) is 0 Å². The van der Waals surface area contributed by atoms with Gasteiger partial charge < -0.3 is 23.7 Å². The van der Waals surface area contributed by atoms with E-state index in [4.69, 9.17) is 23.7 Å². The summed E-state index contributed by atoms with van der Waals surface area (Å²) in [6.07, 6.45) is 1.62. The number of carbonyl (C=O) groups is 1. The van der Waals surface area contributed by atoms with E-state index in [0.717, 1.165) is 24.8 Å². The van der Waals surface area contributed by atoms with Crippen LogP contribution in [0, 0.1) is 0 Å². The van der Waals surface area contributed by atoms with E-state index in [1.54, 1.807) is 19.2 Å². The first-order valence-electron chi connectivity index (χ1n) is 9.50. The zero-order valence-electron chi connectivity index (χ0n) is 16.1. The van der Waals surface area contributed by atoms with E-state index in [2.05, 4.69) is 0 Å². The van der Waals surface area contributed by atoms with E-state index in [1.807, 2.05) is 30.3 Å². The zero-order chi connectivity index (χ0) is 19.5. The third-order valence-corrected chi connectivity index (χ3v) is 5.02. The summed E-state index contributed by atoms with van der Waals surface area (Å²) < 4.78 is 28.3. The predicted molar refractivity (Wildman–Crippen MR) is 102 cm³/mol. The fourth-order valence-electron chi connectivity index (χ4n) is 3.48. The molecule has 2 aliphatic rings. The summed E-state index contributed by atoms with van der Waals surface area (Å²) in [5, 5.41) is 0. The van der Waals surface area contributed by atoms with Crippen LogP contribution in [0.5, 0.6) is 17.2 Å². The summed E-state index contributed by atoms with van der Waals surface area (Å²) in [5.41, 5.74) is 1.34. The summed E-state index contributed by atoms with van der Waals surface area (Å²) in [7, 11) is 3.08. The normalized spacial score (nSPS) is 23.7. The summed E-state index contributed by atoms with van der Waals surface area (Å²) in [5.74, 6) is 1.18. The van der Waals surface area contributed by atoms with Crippen LogP contribution in [0.2, 0.25) is 0 Å². The van der Waals surface area contributed by atoms with Crippen molar-refractivity contribution >= 4 is 5.78 Å². The molecule has 4 rings (SSSR count). The number of carbonyl (C=O) groups excluding carboxylic acids is 1. The minimum absolute atomic E-state index is 0.167. The van der Waals surface area contributed by atoms with E-state index >= 15 is 0 Å². The molecule has 2 heterocycles. The average molecular weight is 384 g/mol. The highest BCUT2D eigenvalue weighted by molar-refractivity contribution is 6.06. The van der Waals surface area contributed by atoms with E-state index in [0.29, 0.717) is 29.4 Å². The molecule has 0 saturated carbocycles. The highest BCUT2D eigenvalue weighted by Crippen LogP contribution is 2.45. The van der Waals surface area contributed by atoms with E-state index in [1.165, 1.54) is 7.11 Å². The van der Waals surface area contributed by atoms with Crippen LogP contribution in [0.4, 0.5) is 0 Å². The molecule has 6 heteroatoms. The van der Waals surface area contributed by atoms with Gasteiger partial charge in [0.15, 0.2) is 12.4 Å². The molecule has 0 bridgehead atoms. The molecule has 0 aromatic heterocycles. The van der Waals surface area contributed by atoms with Gasteiger partial charge in [-0.1, -0.05) is 30.3 Å². The van der Waals surface area contributed by atoms with Crippen LogP contribution in [0.25, 0.3) is 0 Å². The first-order valence-corrected chi connectivity index (χ1v) is 9.50. The monoisotopic (exact) mass is 384 g/mol. The fourth-order valence-corrected chi connectivity index (χ4v) is 3.48. The van der Waals surface area contributed by atoms with Crippen molar-refractivity contribution in [2.24, 2.45) is 0 Å². The van der Waals surface area contributed by atoms with Crippen molar-refractivity contribution in [3.8, 4) is 17.2 Å². The number of epoxide rings is 1. The lowest BCUT2D eigenvalue weighted by Crippen LogP contribution is -2.26. The summed E-state index contributed by atoms with van der Waals surface area (Å²) in [6, 6.07) is 13.1. The fraction of sp³-hybridized carbons (Fsp3) is 0.409. The van der Waals surface area contributed by atoms with Gasteiger partial charge in [0, 0.05) is 18.6 Å². The maximum Gasteiger partial charge on any atom is 0.202 e. The molecule has 2 aliphatic heterocycles. The van der Waals surface area contributed by atoms with Gasteiger partial charge in [-0.25, -0.2) is 0 Å². The molecular formula is C22H24O6. The zero-order valence-corrected chi connectivity index (χ0v) is 16.1. The lowest BCUT2D eigenvalue weighted by Gasteiger charge is -2.25. The highest BCUT2D eigenvalue weighted by atomic mass is 16.7. The van der Waals surface area contributed by atoms with E-state index < -0.39 is 6.10 Å². The minimum atomic E-state index is -0.556. The molecule has 2 aromatic rings. The Morgan fingerprint density at radius 1 is 1.04 bits per heavy atom. The molecule has 0 aliphatic carbocycles. The first-order chi connectivity index (χ1) is 13.7. The second kappa shape index (κ2) is 8.20. The van der Waals surface area contributed by atoms with Crippen LogP contribution in [0.1, 0.15) is 41.3 Å². The topological polar surface area (TPSA) is 66.5 Å². The van der Waals surface area contributed by atoms with Gasteiger partial charge in [-0.3, -0.25) is 4.79 Å². The lowest BCUT2D eigenvalue weighted by atomic mass is 10.0. The molecule has 0 amide bonds. The molecule has 3 atom stereocenters. The van der Waals surface area contributed by atoms with Crippen molar-refractivity contribution in [2.45, 2.75) is 37.8 Å². The van der Waals surface area contributed by atoms with Crippen LogP contribution in [-0.2, 0) is 9.47 Å². The van der Waals surface area contributed by atoms with Crippen LogP contribution in [0.3, 0.4) is 0 Å². The first kappa shape index (κ1) is 18.8. The Kier molecular flexibility index (Phi) is 5.50. The van der Waals surface area contributed by atoms with Crippen LogP contribution in [-0.4, -0.2) is 39.0 Å². The molecule has 1 unspecified atom stereocenters. The Morgan fingerprint density at radius 3 is 2.50 bits per heavy atom. The molecule has 6 nitrogen and oxygen atoms in total. The number of hydrogen-bond donors (Lipinski definition) is 0. The number of methoxy groups -OCH3 is 2. The smallest absolute Gasteiger partial charge is 0.202 e. The molecule has 28 heavy (non-hydrogen) atoms. The molecule has 0 spiro atoms. The number of Topliss-reactive ketones (excluding diaryl/α,β-unsaturated/α-hetero) is 1. The number of ether oxygens (including phenoxy) is 5. The Labute approximate surface area is 164 Å². The number of ketones is 1. The molecule has 148 valence electrons. The van der Waals surface area contributed by atoms with Gasteiger partial charge in [-0.05, 0) is 18.4 Å². The third-order valence-electron chi connectivity index (χ3n) is 5.02. The molecule has 0 radical (unpaired) electrons. The lowest BCUT2D eigenvalue weighted by molar-refractivity contribution is -0.106. The van der Waals surface area contributed by atoms with Crippen molar-refractivity contribution in [2.75, 3.05) is 20.8 Å². The summed E-state index contributed by atoms with van der Waals surface area (Å²) >= 11 is 0. The van der Waals surface area contributed by atoms with Crippen LogP contribution >= 0.6 is 0 Å². The number of rotatable bonds is 7. The second-order valence-electron chi connectivity index (χ2n) is 6.87. The molecule has 2 aromatic carbocycles. The van der Waals surface area contributed by atoms with Gasteiger partial charge >= 0.3 is 0 Å². The highest BCUT2D eigenvalue weighted by Gasteiger charge is 2.48. The van der Waals surface area contributed by atoms with Crippen LogP contribution < -0.4 is 14.2 Å². The second-order valence-corrected chi connectivity index (χ2v) is 6.87. The Bertz CT molecular complexity index is 828. The Hall–Kier alpha value is -2.57. The van der Waals surface area contributed by atoms with Gasteiger partial charge in [-0.15, -0.1) is 0 Å².